The number of hydrogen-bond acceptors (Lipinski definition) is 5. The Bertz CT molecular complexity index is 1260. The van der Waals surface area contributed by atoms with Gasteiger partial charge in [-0.1, -0.05) is 24.3 Å². The summed E-state index contributed by atoms with van der Waals surface area (Å²) in [6.45, 7) is 6.00. The number of sulfonamides is 1. The molecule has 4 rings (SSSR count). The second-order valence-corrected chi connectivity index (χ2v) is 9.94. The van der Waals surface area contributed by atoms with Crippen molar-refractivity contribution in [1.29, 1.82) is 0 Å². The number of para-hydroxylation sites is 1. The number of aryl methyl sites for hydroxylation is 2. The van der Waals surface area contributed by atoms with E-state index in [0.29, 0.717) is 48.2 Å². The number of rotatable bonds is 5. The zero-order valence-corrected chi connectivity index (χ0v) is 19.0. The molecular weight excluding hydrogens is 437 g/mol. The van der Waals surface area contributed by atoms with Crippen molar-refractivity contribution < 1.29 is 12.8 Å². The molecule has 0 bridgehead atoms. The van der Waals surface area contributed by atoms with E-state index < -0.39 is 10.0 Å². The fourth-order valence-corrected chi connectivity index (χ4v) is 5.65. The molecule has 1 aliphatic rings. The van der Waals surface area contributed by atoms with Gasteiger partial charge < -0.3 is 0 Å². The van der Waals surface area contributed by atoms with Crippen LogP contribution < -0.4 is 0 Å². The summed E-state index contributed by atoms with van der Waals surface area (Å²) in [5.74, 6) is -0.372. The molecule has 0 atom stereocenters. The van der Waals surface area contributed by atoms with E-state index in [9.17, 15) is 12.8 Å². The van der Waals surface area contributed by atoms with Crippen LogP contribution in [0.5, 0.6) is 0 Å². The van der Waals surface area contributed by atoms with Gasteiger partial charge in [0.05, 0.1) is 17.3 Å². The highest BCUT2D eigenvalue weighted by atomic mass is 32.2. The van der Waals surface area contributed by atoms with Crippen molar-refractivity contribution in [3.63, 3.8) is 0 Å². The van der Waals surface area contributed by atoms with Crippen LogP contribution in [0, 0.1) is 24.4 Å². The van der Waals surface area contributed by atoms with Crippen LogP contribution in [0.15, 0.2) is 53.7 Å². The summed E-state index contributed by atoms with van der Waals surface area (Å²) in [5.41, 5.74) is 2.02. The van der Waals surface area contributed by atoms with Crippen molar-refractivity contribution in [3.8, 4) is 5.69 Å². The number of nitrogens with zero attached hydrogens (tertiary/aromatic N) is 5. The maximum absolute atomic E-state index is 14.1. The Labute approximate surface area is 186 Å². The Hall–Kier alpha value is -2.40. The minimum absolute atomic E-state index is 0.350. The third kappa shape index (κ3) is 4.33. The van der Waals surface area contributed by atoms with E-state index >= 15 is 0 Å². The highest BCUT2D eigenvalue weighted by Gasteiger charge is 2.30. The van der Waals surface area contributed by atoms with Crippen molar-refractivity contribution in [2.45, 2.75) is 25.4 Å². The Kier molecular flexibility index (Phi) is 6.07. The maximum atomic E-state index is 14.1. The van der Waals surface area contributed by atoms with E-state index in [1.165, 1.54) is 21.3 Å². The van der Waals surface area contributed by atoms with Gasteiger partial charge in [-0.15, -0.1) is 0 Å². The van der Waals surface area contributed by atoms with Crippen LogP contribution in [0.3, 0.4) is 0 Å². The zero-order chi connectivity index (χ0) is 22.2. The quantitative estimate of drug-likeness (QED) is 0.547. The number of halogens is 1. The molecule has 0 aliphatic carbocycles. The largest absolute Gasteiger partial charge is 0.282 e. The van der Waals surface area contributed by atoms with Crippen LogP contribution in [0.4, 0.5) is 4.39 Å². The molecule has 0 unspecified atom stereocenters. The first-order valence-corrected chi connectivity index (χ1v) is 11.8. The van der Waals surface area contributed by atoms with Gasteiger partial charge in [-0.3, -0.25) is 9.47 Å². The number of piperazine rings is 1. The van der Waals surface area contributed by atoms with Crippen molar-refractivity contribution in [2.24, 2.45) is 0 Å². The van der Waals surface area contributed by atoms with Gasteiger partial charge in [-0.05, 0) is 55.4 Å². The zero-order valence-electron chi connectivity index (χ0n) is 17.4. The molecule has 1 fully saturated rings. The van der Waals surface area contributed by atoms with Gasteiger partial charge in [-0.25, -0.2) is 17.5 Å². The lowest BCUT2D eigenvalue weighted by Crippen LogP contribution is -2.49. The Morgan fingerprint density at radius 1 is 1.06 bits per heavy atom. The van der Waals surface area contributed by atoms with Crippen LogP contribution >= 0.6 is 12.2 Å². The molecule has 2 heterocycles. The van der Waals surface area contributed by atoms with E-state index in [2.05, 4.69) is 10.00 Å². The summed E-state index contributed by atoms with van der Waals surface area (Å²) in [5, 5.41) is 4.30. The molecule has 164 valence electrons. The molecule has 0 radical (unpaired) electrons. The third-order valence-electron chi connectivity index (χ3n) is 5.47. The molecule has 0 spiro atoms. The van der Waals surface area contributed by atoms with Crippen molar-refractivity contribution >= 4 is 22.2 Å². The Morgan fingerprint density at radius 2 is 1.77 bits per heavy atom. The smallest absolute Gasteiger partial charge is 0.243 e. The van der Waals surface area contributed by atoms with Crippen LogP contribution in [-0.4, -0.2) is 58.1 Å². The predicted octanol–water partition coefficient (Wildman–Crippen LogP) is 3.12. The molecule has 0 saturated carbocycles. The fraction of sp³-hybridized carbons (Fsp3) is 0.333. The number of benzene rings is 2. The average molecular weight is 462 g/mol. The van der Waals surface area contributed by atoms with Gasteiger partial charge in [0.25, 0.3) is 0 Å². The molecule has 1 aromatic heterocycles. The molecule has 0 amide bonds. The van der Waals surface area contributed by atoms with E-state index in [0.717, 1.165) is 11.1 Å². The number of hydrogen-bond donors (Lipinski definition) is 0. The average Bonchev–Trinajstić information content (AvgIpc) is 3.10. The monoisotopic (exact) mass is 461 g/mol. The van der Waals surface area contributed by atoms with Crippen molar-refractivity contribution in [1.82, 2.24) is 23.6 Å². The van der Waals surface area contributed by atoms with Crippen molar-refractivity contribution in [3.05, 3.63) is 70.5 Å². The fourth-order valence-electron chi connectivity index (χ4n) is 3.67. The minimum atomic E-state index is -3.54. The van der Waals surface area contributed by atoms with E-state index in [-0.39, 0.29) is 5.82 Å². The SMILES string of the molecule is Cc1ccc(C)c(S(=O)(=O)N2CCN(Cn3ncn(-c4ccccc4F)c3=S)CC2)c1. The molecule has 31 heavy (non-hydrogen) atoms. The molecule has 7 nitrogen and oxygen atoms in total. The molecule has 3 aromatic rings. The maximum Gasteiger partial charge on any atom is 0.243 e. The van der Waals surface area contributed by atoms with Crippen LogP contribution in [0.1, 0.15) is 11.1 Å². The van der Waals surface area contributed by atoms with E-state index in [1.54, 1.807) is 28.9 Å². The first-order valence-electron chi connectivity index (χ1n) is 9.96. The first-order chi connectivity index (χ1) is 14.8. The standard InChI is InChI=1S/C21H24FN5O2S2/c1-16-7-8-17(2)20(13-16)31(28,29)25-11-9-24(10-12-25)15-27-21(30)26(14-23-27)19-6-4-3-5-18(19)22/h3-8,13-14H,9-12,15H2,1-2H3. The first kappa shape index (κ1) is 21.8. The normalized spacial score (nSPS) is 16.0. The van der Waals surface area contributed by atoms with Gasteiger partial charge in [0.15, 0.2) is 0 Å². The lowest BCUT2D eigenvalue weighted by atomic mass is 10.2. The summed E-state index contributed by atoms with van der Waals surface area (Å²) in [4.78, 5) is 2.45. The lowest BCUT2D eigenvalue weighted by molar-refractivity contribution is 0.144. The van der Waals surface area contributed by atoms with Crippen LogP contribution in [0.25, 0.3) is 5.69 Å². The minimum Gasteiger partial charge on any atom is -0.282 e. The molecular formula is C21H24FN5O2S2. The lowest BCUT2D eigenvalue weighted by Gasteiger charge is -2.34. The summed E-state index contributed by atoms with van der Waals surface area (Å²) < 4.78 is 45.4. The Balaban J connectivity index is 1.45. The predicted molar refractivity (Wildman–Crippen MR) is 119 cm³/mol. The van der Waals surface area contributed by atoms with E-state index in [1.807, 2.05) is 26.0 Å². The summed E-state index contributed by atoms with van der Waals surface area (Å²) >= 11 is 5.47. The molecule has 1 saturated heterocycles. The van der Waals surface area contributed by atoms with Crippen molar-refractivity contribution in [2.75, 3.05) is 26.2 Å². The Morgan fingerprint density at radius 3 is 2.48 bits per heavy atom. The van der Waals surface area contributed by atoms with Gasteiger partial charge in [-0.2, -0.15) is 9.40 Å². The van der Waals surface area contributed by atoms with Gasteiger partial charge in [0, 0.05) is 26.2 Å². The van der Waals surface area contributed by atoms with E-state index in [4.69, 9.17) is 12.2 Å². The van der Waals surface area contributed by atoms with Crippen LogP contribution in [-0.2, 0) is 16.7 Å². The third-order valence-corrected chi connectivity index (χ3v) is 7.92. The molecule has 2 aromatic carbocycles. The summed E-state index contributed by atoms with van der Waals surface area (Å²) in [7, 11) is -3.54. The number of aromatic nitrogens is 3. The second kappa shape index (κ2) is 8.62. The van der Waals surface area contributed by atoms with Gasteiger partial charge in [0.1, 0.15) is 12.1 Å². The van der Waals surface area contributed by atoms with Gasteiger partial charge >= 0.3 is 0 Å². The van der Waals surface area contributed by atoms with Crippen LogP contribution in [0.2, 0.25) is 0 Å². The van der Waals surface area contributed by atoms with Gasteiger partial charge in [0.2, 0.25) is 14.8 Å². The topological polar surface area (TPSA) is 63.4 Å². The summed E-state index contributed by atoms with van der Waals surface area (Å²) in [6.07, 6.45) is 1.50. The summed E-state index contributed by atoms with van der Waals surface area (Å²) in [6, 6.07) is 11.9. The molecule has 1 aliphatic heterocycles. The highest BCUT2D eigenvalue weighted by Crippen LogP contribution is 2.22. The second-order valence-electron chi connectivity index (χ2n) is 7.67. The highest BCUT2D eigenvalue weighted by molar-refractivity contribution is 7.89. The molecule has 10 heteroatoms. The molecule has 0 N–H and O–H groups in total.